The van der Waals surface area contributed by atoms with E-state index in [1.807, 2.05) is 0 Å². The number of aliphatic carboxylic acids is 1. The summed E-state index contributed by atoms with van der Waals surface area (Å²) in [6.07, 6.45) is 41.5. The molecular weight excluding hydrogens is 574 g/mol. The molecule has 0 aliphatic carbocycles. The van der Waals surface area contributed by atoms with Crippen LogP contribution in [0.5, 0.6) is 0 Å². The molecule has 1 amide bonds. The first-order valence-corrected chi connectivity index (χ1v) is 19.5. The number of allylic oxidation sites excluding steroid dienone is 4. The van der Waals surface area contributed by atoms with Crippen molar-refractivity contribution in [3.63, 3.8) is 0 Å². The standard InChI is InChI=1S/C40H73NO5/c1-3-5-7-9-11-13-15-16-18-19-21-24-28-32-37(33-29-25-23-26-30-34-38(42)41-36-39(43)44)46-40(45)35-31-27-22-20-17-14-12-10-8-6-4-2/h10,12,19,21,37H,3-9,11,13-18,20,22-36H2,1-2H3,(H,41,42)(H,43,44)/b12-10-,21-19-. The minimum Gasteiger partial charge on any atom is -0.480 e. The summed E-state index contributed by atoms with van der Waals surface area (Å²) >= 11 is 0. The monoisotopic (exact) mass is 648 g/mol. The Hall–Kier alpha value is -2.11. The first-order chi connectivity index (χ1) is 22.5. The van der Waals surface area contributed by atoms with Gasteiger partial charge in [-0.2, -0.15) is 0 Å². The van der Waals surface area contributed by atoms with Gasteiger partial charge in [0.25, 0.3) is 0 Å². The van der Waals surface area contributed by atoms with Crippen molar-refractivity contribution >= 4 is 17.8 Å². The van der Waals surface area contributed by atoms with Gasteiger partial charge in [0.15, 0.2) is 0 Å². The van der Waals surface area contributed by atoms with Gasteiger partial charge in [-0.15, -0.1) is 0 Å². The maximum Gasteiger partial charge on any atom is 0.322 e. The number of hydrogen-bond acceptors (Lipinski definition) is 4. The number of carbonyl (C=O) groups excluding carboxylic acids is 2. The fraction of sp³-hybridized carbons (Fsp3) is 0.825. The highest BCUT2D eigenvalue weighted by atomic mass is 16.5. The van der Waals surface area contributed by atoms with Crippen LogP contribution in [-0.2, 0) is 19.1 Å². The van der Waals surface area contributed by atoms with Gasteiger partial charge in [-0.3, -0.25) is 14.4 Å². The number of rotatable bonds is 35. The predicted octanol–water partition coefficient (Wildman–Crippen LogP) is 11.6. The van der Waals surface area contributed by atoms with Crippen LogP contribution in [0.15, 0.2) is 24.3 Å². The van der Waals surface area contributed by atoms with Crippen molar-refractivity contribution in [3.8, 4) is 0 Å². The number of amides is 1. The highest BCUT2D eigenvalue weighted by molar-refractivity contribution is 5.80. The Morgan fingerprint density at radius 1 is 0.543 bits per heavy atom. The molecule has 2 N–H and O–H groups in total. The maximum atomic E-state index is 12.7. The average Bonchev–Trinajstić information content (AvgIpc) is 3.04. The molecule has 0 aromatic carbocycles. The van der Waals surface area contributed by atoms with E-state index in [0.717, 1.165) is 70.6 Å². The molecule has 6 heteroatoms. The van der Waals surface area contributed by atoms with Crippen molar-refractivity contribution in [2.24, 2.45) is 0 Å². The molecule has 6 nitrogen and oxygen atoms in total. The zero-order chi connectivity index (χ0) is 33.8. The van der Waals surface area contributed by atoms with Gasteiger partial charge in [-0.25, -0.2) is 0 Å². The minimum absolute atomic E-state index is 0.00472. The lowest BCUT2D eigenvalue weighted by Crippen LogP contribution is -2.28. The SMILES string of the molecule is CCCC/C=C\CCCCCCCC(=O)OC(CCC/C=C\CCCCCCCCCC)CCCCCCCC(=O)NCC(=O)O. The zero-order valence-electron chi connectivity index (χ0n) is 30.2. The number of hydrogen-bond donors (Lipinski definition) is 2. The fourth-order valence-corrected chi connectivity index (χ4v) is 5.67. The van der Waals surface area contributed by atoms with Crippen LogP contribution in [-0.4, -0.2) is 35.6 Å². The Bertz CT molecular complexity index is 763. The van der Waals surface area contributed by atoms with E-state index in [4.69, 9.17) is 9.84 Å². The molecule has 0 aliphatic heterocycles. The molecule has 0 rings (SSSR count). The molecule has 1 unspecified atom stereocenters. The number of esters is 1. The summed E-state index contributed by atoms with van der Waals surface area (Å²) in [4.78, 5) is 34.9. The third kappa shape index (κ3) is 34.8. The molecule has 0 aromatic rings. The fourth-order valence-electron chi connectivity index (χ4n) is 5.67. The van der Waals surface area contributed by atoms with Gasteiger partial charge >= 0.3 is 11.9 Å². The van der Waals surface area contributed by atoms with Gasteiger partial charge in [0.2, 0.25) is 5.91 Å². The van der Waals surface area contributed by atoms with Crippen LogP contribution in [0.4, 0.5) is 0 Å². The lowest BCUT2D eigenvalue weighted by atomic mass is 10.0. The van der Waals surface area contributed by atoms with Crippen LogP contribution in [0.2, 0.25) is 0 Å². The number of carbonyl (C=O) groups is 3. The van der Waals surface area contributed by atoms with Gasteiger partial charge < -0.3 is 15.2 Å². The minimum atomic E-state index is -1.02. The van der Waals surface area contributed by atoms with Crippen LogP contribution >= 0.6 is 0 Å². The number of carboxylic acids is 1. The van der Waals surface area contributed by atoms with Crippen LogP contribution in [0.25, 0.3) is 0 Å². The second-order valence-corrected chi connectivity index (χ2v) is 13.2. The Morgan fingerprint density at radius 3 is 1.54 bits per heavy atom. The highest BCUT2D eigenvalue weighted by Gasteiger charge is 2.14. The van der Waals surface area contributed by atoms with Gasteiger partial charge in [0.05, 0.1) is 0 Å². The van der Waals surface area contributed by atoms with Crippen LogP contribution in [0.1, 0.15) is 200 Å². The number of nitrogens with one attached hydrogen (secondary N) is 1. The van der Waals surface area contributed by atoms with Crippen LogP contribution in [0.3, 0.4) is 0 Å². The number of ether oxygens (including phenoxy) is 1. The molecule has 46 heavy (non-hydrogen) atoms. The van der Waals surface area contributed by atoms with Crippen LogP contribution in [0, 0.1) is 0 Å². The molecule has 0 radical (unpaired) electrons. The number of carboxylic acid groups (broad SMARTS) is 1. The summed E-state index contributed by atoms with van der Waals surface area (Å²) in [5.74, 6) is -1.26. The Balaban J connectivity index is 4.24. The molecule has 0 bridgehead atoms. The van der Waals surface area contributed by atoms with Crippen molar-refractivity contribution < 1.29 is 24.2 Å². The van der Waals surface area contributed by atoms with Crippen molar-refractivity contribution in [2.45, 2.75) is 206 Å². The first-order valence-electron chi connectivity index (χ1n) is 19.5. The van der Waals surface area contributed by atoms with Crippen LogP contribution < -0.4 is 5.32 Å². The largest absolute Gasteiger partial charge is 0.480 e. The van der Waals surface area contributed by atoms with E-state index < -0.39 is 5.97 Å². The molecule has 0 fully saturated rings. The first kappa shape index (κ1) is 43.9. The molecule has 0 aromatic heterocycles. The van der Waals surface area contributed by atoms with Gasteiger partial charge in [-0.05, 0) is 77.0 Å². The number of unbranched alkanes of at least 4 members (excludes halogenated alkanes) is 20. The summed E-state index contributed by atoms with van der Waals surface area (Å²) in [5, 5.41) is 11.1. The maximum absolute atomic E-state index is 12.7. The van der Waals surface area contributed by atoms with Gasteiger partial charge in [-0.1, -0.05) is 134 Å². The lowest BCUT2D eigenvalue weighted by molar-refractivity contribution is -0.150. The Kier molecular flexibility index (Phi) is 34.1. The highest BCUT2D eigenvalue weighted by Crippen LogP contribution is 2.18. The van der Waals surface area contributed by atoms with Gasteiger partial charge in [0, 0.05) is 12.8 Å². The molecule has 0 aliphatic rings. The molecule has 0 saturated carbocycles. The molecule has 0 heterocycles. The molecule has 0 saturated heterocycles. The van der Waals surface area contributed by atoms with E-state index in [-0.39, 0.29) is 24.5 Å². The van der Waals surface area contributed by atoms with Gasteiger partial charge in [0.1, 0.15) is 12.6 Å². The third-order valence-electron chi connectivity index (χ3n) is 8.60. The van der Waals surface area contributed by atoms with E-state index in [0.29, 0.717) is 12.8 Å². The Labute approximate surface area is 284 Å². The third-order valence-corrected chi connectivity index (χ3v) is 8.60. The van der Waals surface area contributed by atoms with E-state index in [9.17, 15) is 14.4 Å². The summed E-state index contributed by atoms with van der Waals surface area (Å²) < 4.78 is 5.98. The Morgan fingerprint density at radius 2 is 0.978 bits per heavy atom. The van der Waals surface area contributed by atoms with Crippen molar-refractivity contribution in [1.82, 2.24) is 5.32 Å². The summed E-state index contributed by atoms with van der Waals surface area (Å²) in [7, 11) is 0. The van der Waals surface area contributed by atoms with E-state index >= 15 is 0 Å². The second kappa shape index (κ2) is 35.7. The van der Waals surface area contributed by atoms with E-state index in [1.165, 1.54) is 103 Å². The van der Waals surface area contributed by atoms with Crippen molar-refractivity contribution in [2.75, 3.05) is 6.54 Å². The molecule has 1 atom stereocenters. The zero-order valence-corrected chi connectivity index (χ0v) is 30.2. The summed E-state index contributed by atoms with van der Waals surface area (Å²) in [5.41, 5.74) is 0. The summed E-state index contributed by atoms with van der Waals surface area (Å²) in [6.45, 7) is 4.18. The van der Waals surface area contributed by atoms with E-state index in [1.54, 1.807) is 0 Å². The smallest absolute Gasteiger partial charge is 0.322 e. The molecule has 268 valence electrons. The molecular formula is C40H73NO5. The van der Waals surface area contributed by atoms with Crippen molar-refractivity contribution in [1.29, 1.82) is 0 Å². The summed E-state index contributed by atoms with van der Waals surface area (Å²) in [6, 6.07) is 0. The van der Waals surface area contributed by atoms with Crippen molar-refractivity contribution in [3.05, 3.63) is 24.3 Å². The lowest BCUT2D eigenvalue weighted by Gasteiger charge is -2.18. The van der Waals surface area contributed by atoms with E-state index in [2.05, 4.69) is 43.5 Å². The quantitative estimate of drug-likeness (QED) is 0.0405. The average molecular weight is 648 g/mol. The second-order valence-electron chi connectivity index (χ2n) is 13.2. The predicted molar refractivity (Wildman–Crippen MR) is 194 cm³/mol. The molecule has 0 spiro atoms. The normalized spacial score (nSPS) is 12.2. The topological polar surface area (TPSA) is 92.7 Å².